The molecule has 0 saturated heterocycles. The molecular weight excluding hydrogens is 186 g/mol. The van der Waals surface area contributed by atoms with Gasteiger partial charge in [-0.3, -0.25) is 0 Å². The van der Waals surface area contributed by atoms with Crippen molar-refractivity contribution in [3.8, 4) is 0 Å². The predicted molar refractivity (Wildman–Crippen MR) is 65.0 cm³/mol. The molecule has 3 nitrogen and oxygen atoms in total. The van der Waals surface area contributed by atoms with E-state index in [2.05, 4.69) is 5.32 Å². The van der Waals surface area contributed by atoms with Gasteiger partial charge in [0.1, 0.15) is 0 Å². The van der Waals surface area contributed by atoms with Crippen LogP contribution in [0.25, 0.3) is 0 Å². The summed E-state index contributed by atoms with van der Waals surface area (Å²) >= 11 is 0. The average Bonchev–Trinajstić information content (AvgIpc) is 2.25. The number of nitrogens with two attached hydrogens (primary N) is 2. The Hall–Kier alpha value is -2.16. The molecule has 2 aromatic rings. The fourth-order valence-corrected chi connectivity index (χ4v) is 1.34. The molecule has 2 aromatic carbocycles. The Kier molecular flexibility index (Phi) is 2.46. The first-order chi connectivity index (χ1) is 7.25. The topological polar surface area (TPSA) is 64.1 Å². The zero-order chi connectivity index (χ0) is 10.7. The molecule has 0 radical (unpaired) electrons. The fraction of sp³-hybridized carbons (Fsp3) is 0. The Balaban J connectivity index is 2.22. The van der Waals surface area contributed by atoms with Gasteiger partial charge in [-0.2, -0.15) is 0 Å². The second-order valence-corrected chi connectivity index (χ2v) is 3.33. The molecule has 15 heavy (non-hydrogen) atoms. The molecule has 0 aliphatic rings. The lowest BCUT2D eigenvalue weighted by atomic mass is 10.2. The average molecular weight is 199 g/mol. The molecule has 5 N–H and O–H groups in total. The molecule has 3 heteroatoms. The first-order valence-corrected chi connectivity index (χ1v) is 4.73. The van der Waals surface area contributed by atoms with E-state index in [1.54, 1.807) is 6.07 Å². The largest absolute Gasteiger partial charge is 0.397 e. The molecule has 0 aliphatic carbocycles. The molecule has 0 atom stereocenters. The third-order valence-corrected chi connectivity index (χ3v) is 2.15. The SMILES string of the molecule is Nc1ccc(Nc2ccccc2)cc1N. The number of nitrogens with one attached hydrogen (secondary N) is 1. The lowest BCUT2D eigenvalue weighted by Crippen LogP contribution is -1.96. The standard InChI is InChI=1S/C12H13N3/c13-11-7-6-10(8-12(11)14)15-9-4-2-1-3-5-9/h1-8,15H,13-14H2. The van der Waals surface area contributed by atoms with Crippen LogP contribution in [0.1, 0.15) is 0 Å². The second kappa shape index (κ2) is 3.92. The molecule has 0 heterocycles. The van der Waals surface area contributed by atoms with E-state index >= 15 is 0 Å². The molecule has 76 valence electrons. The van der Waals surface area contributed by atoms with Crippen LogP contribution in [0.15, 0.2) is 48.5 Å². The van der Waals surface area contributed by atoms with E-state index < -0.39 is 0 Å². The number of hydrogen-bond donors (Lipinski definition) is 3. The summed E-state index contributed by atoms with van der Waals surface area (Å²) in [6.45, 7) is 0. The van der Waals surface area contributed by atoms with Crippen LogP contribution >= 0.6 is 0 Å². The van der Waals surface area contributed by atoms with Gasteiger partial charge in [0.25, 0.3) is 0 Å². The molecule has 0 aromatic heterocycles. The molecule has 0 saturated carbocycles. The molecule has 2 rings (SSSR count). The summed E-state index contributed by atoms with van der Waals surface area (Å²) in [6.07, 6.45) is 0. The van der Waals surface area contributed by atoms with Gasteiger partial charge >= 0.3 is 0 Å². The lowest BCUT2D eigenvalue weighted by Gasteiger charge is -2.07. The highest BCUT2D eigenvalue weighted by molar-refractivity contribution is 5.72. The number of rotatable bonds is 2. The number of nitrogen functional groups attached to an aromatic ring is 2. The van der Waals surface area contributed by atoms with Crippen molar-refractivity contribution in [2.24, 2.45) is 0 Å². The fourth-order valence-electron chi connectivity index (χ4n) is 1.34. The summed E-state index contributed by atoms with van der Waals surface area (Å²) < 4.78 is 0. The highest BCUT2D eigenvalue weighted by Crippen LogP contribution is 2.22. The highest BCUT2D eigenvalue weighted by atomic mass is 14.9. The van der Waals surface area contributed by atoms with Crippen LogP contribution in [0.4, 0.5) is 22.7 Å². The van der Waals surface area contributed by atoms with Crippen LogP contribution in [0.2, 0.25) is 0 Å². The quantitative estimate of drug-likeness (QED) is 0.651. The van der Waals surface area contributed by atoms with Crippen LogP contribution in [0, 0.1) is 0 Å². The van der Waals surface area contributed by atoms with Crippen molar-refractivity contribution in [2.75, 3.05) is 16.8 Å². The Morgan fingerprint density at radius 3 is 2.13 bits per heavy atom. The van der Waals surface area contributed by atoms with Gasteiger partial charge in [0, 0.05) is 11.4 Å². The Labute approximate surface area is 88.7 Å². The van der Waals surface area contributed by atoms with Gasteiger partial charge < -0.3 is 16.8 Å². The summed E-state index contributed by atoms with van der Waals surface area (Å²) in [6, 6.07) is 15.4. The van der Waals surface area contributed by atoms with E-state index in [0.29, 0.717) is 11.4 Å². The zero-order valence-electron chi connectivity index (χ0n) is 8.27. The molecule has 0 bridgehead atoms. The molecule has 0 unspecified atom stereocenters. The van der Waals surface area contributed by atoms with Crippen LogP contribution in [0.3, 0.4) is 0 Å². The minimum absolute atomic E-state index is 0.593. The first-order valence-electron chi connectivity index (χ1n) is 4.73. The van der Waals surface area contributed by atoms with Gasteiger partial charge in [-0.15, -0.1) is 0 Å². The van der Waals surface area contributed by atoms with Crippen molar-refractivity contribution in [3.63, 3.8) is 0 Å². The van der Waals surface area contributed by atoms with Gasteiger partial charge in [0.05, 0.1) is 11.4 Å². The van der Waals surface area contributed by atoms with Gasteiger partial charge in [0.15, 0.2) is 0 Å². The maximum absolute atomic E-state index is 5.71. The maximum Gasteiger partial charge on any atom is 0.0568 e. The molecule has 0 amide bonds. The van der Waals surface area contributed by atoms with Gasteiger partial charge in [-0.1, -0.05) is 18.2 Å². The zero-order valence-corrected chi connectivity index (χ0v) is 8.27. The molecule has 0 spiro atoms. The number of benzene rings is 2. The van der Waals surface area contributed by atoms with E-state index in [1.807, 2.05) is 42.5 Å². The van der Waals surface area contributed by atoms with Crippen LogP contribution in [-0.4, -0.2) is 0 Å². The molecule has 0 aliphatic heterocycles. The van der Waals surface area contributed by atoms with E-state index in [-0.39, 0.29) is 0 Å². The summed E-state index contributed by atoms with van der Waals surface area (Å²) in [4.78, 5) is 0. The van der Waals surface area contributed by atoms with Crippen LogP contribution in [-0.2, 0) is 0 Å². The third kappa shape index (κ3) is 2.20. The Morgan fingerprint density at radius 1 is 0.733 bits per heavy atom. The van der Waals surface area contributed by atoms with Gasteiger partial charge in [0.2, 0.25) is 0 Å². The number of para-hydroxylation sites is 1. The monoisotopic (exact) mass is 199 g/mol. The van der Waals surface area contributed by atoms with Crippen molar-refractivity contribution in [3.05, 3.63) is 48.5 Å². The third-order valence-electron chi connectivity index (χ3n) is 2.15. The van der Waals surface area contributed by atoms with Crippen LogP contribution < -0.4 is 16.8 Å². The Bertz CT molecular complexity index is 452. The van der Waals surface area contributed by atoms with Crippen molar-refractivity contribution < 1.29 is 0 Å². The van der Waals surface area contributed by atoms with Gasteiger partial charge in [-0.25, -0.2) is 0 Å². The van der Waals surface area contributed by atoms with E-state index in [9.17, 15) is 0 Å². The first kappa shape index (κ1) is 9.40. The van der Waals surface area contributed by atoms with Crippen molar-refractivity contribution in [2.45, 2.75) is 0 Å². The number of hydrogen-bond acceptors (Lipinski definition) is 3. The van der Waals surface area contributed by atoms with Crippen molar-refractivity contribution in [1.82, 2.24) is 0 Å². The normalized spacial score (nSPS) is 9.87. The predicted octanol–water partition coefficient (Wildman–Crippen LogP) is 2.59. The van der Waals surface area contributed by atoms with Crippen molar-refractivity contribution >= 4 is 22.7 Å². The van der Waals surface area contributed by atoms with E-state index in [4.69, 9.17) is 11.5 Å². The minimum Gasteiger partial charge on any atom is -0.397 e. The Morgan fingerprint density at radius 2 is 1.47 bits per heavy atom. The van der Waals surface area contributed by atoms with Gasteiger partial charge in [-0.05, 0) is 30.3 Å². The maximum atomic E-state index is 5.71. The molecule has 0 fully saturated rings. The lowest BCUT2D eigenvalue weighted by molar-refractivity contribution is 1.55. The summed E-state index contributed by atoms with van der Waals surface area (Å²) in [5.74, 6) is 0. The summed E-state index contributed by atoms with van der Waals surface area (Å²) in [5.41, 5.74) is 14.5. The highest BCUT2D eigenvalue weighted by Gasteiger charge is 1.97. The van der Waals surface area contributed by atoms with Crippen molar-refractivity contribution in [1.29, 1.82) is 0 Å². The minimum atomic E-state index is 0.593. The second-order valence-electron chi connectivity index (χ2n) is 3.33. The summed E-state index contributed by atoms with van der Waals surface area (Å²) in [7, 11) is 0. The summed E-state index contributed by atoms with van der Waals surface area (Å²) in [5, 5.41) is 3.24. The smallest absolute Gasteiger partial charge is 0.0568 e. The van der Waals surface area contributed by atoms with E-state index in [0.717, 1.165) is 11.4 Å². The van der Waals surface area contributed by atoms with Crippen LogP contribution in [0.5, 0.6) is 0 Å². The number of anilines is 4. The van der Waals surface area contributed by atoms with E-state index in [1.165, 1.54) is 0 Å². The molecular formula is C12H13N3.